The van der Waals surface area contributed by atoms with E-state index in [1.165, 1.54) is 0 Å². The number of hydrogen-bond acceptors (Lipinski definition) is 3. The molecule has 0 saturated carbocycles. The number of rotatable bonds is 1. The number of likely N-dealkylation sites (tertiary alicyclic amines) is 1. The van der Waals surface area contributed by atoms with Crippen LogP contribution in [0, 0.1) is 11.3 Å². The summed E-state index contributed by atoms with van der Waals surface area (Å²) in [6, 6.07) is -0.0603. The minimum atomic E-state index is -0.494. The van der Waals surface area contributed by atoms with Gasteiger partial charge in [-0.1, -0.05) is 20.8 Å². The fraction of sp³-hybridized carbons (Fsp3) is 0.846. The molecular formula is C13H23NO3. The molecule has 1 saturated heterocycles. The first-order valence-corrected chi connectivity index (χ1v) is 6.01. The predicted octanol–water partition coefficient (Wildman–Crippen LogP) is 2.47. The normalized spacial score (nSPS) is 25.2. The number of nitrogens with zero attached hydrogens (tertiary/aromatic N) is 1. The summed E-state index contributed by atoms with van der Waals surface area (Å²) in [6.45, 7) is 12.1. The molecule has 0 aromatic carbocycles. The molecule has 1 aliphatic rings. The van der Waals surface area contributed by atoms with Crippen LogP contribution in [0.1, 0.15) is 41.5 Å². The van der Waals surface area contributed by atoms with Gasteiger partial charge in [0.1, 0.15) is 11.9 Å². The Bertz CT molecular complexity index is 312. The van der Waals surface area contributed by atoms with Crippen molar-refractivity contribution in [3.63, 3.8) is 0 Å². The zero-order valence-corrected chi connectivity index (χ0v) is 11.6. The second-order valence-corrected chi connectivity index (χ2v) is 6.74. The maximum Gasteiger partial charge on any atom is 0.410 e. The molecule has 0 spiro atoms. The van der Waals surface area contributed by atoms with Crippen molar-refractivity contribution in [1.29, 1.82) is 0 Å². The van der Waals surface area contributed by atoms with Gasteiger partial charge in [0.05, 0.1) is 12.0 Å². The highest BCUT2D eigenvalue weighted by Gasteiger charge is 2.49. The summed E-state index contributed by atoms with van der Waals surface area (Å²) in [5, 5.41) is 0. The highest BCUT2D eigenvalue weighted by Crippen LogP contribution is 2.38. The average molecular weight is 241 g/mol. The molecule has 0 N–H and O–H groups in total. The van der Waals surface area contributed by atoms with E-state index in [4.69, 9.17) is 4.74 Å². The van der Waals surface area contributed by atoms with Crippen molar-refractivity contribution in [1.82, 2.24) is 4.90 Å². The molecule has 4 heteroatoms. The van der Waals surface area contributed by atoms with Gasteiger partial charge in [-0.05, 0) is 26.2 Å². The maximum absolute atomic E-state index is 11.9. The molecule has 17 heavy (non-hydrogen) atoms. The number of carbonyl (C=O) groups excluding carboxylic acids is 2. The first-order valence-electron chi connectivity index (χ1n) is 6.01. The molecule has 4 nitrogen and oxygen atoms in total. The third-order valence-electron chi connectivity index (χ3n) is 2.84. The maximum atomic E-state index is 11.9. The van der Waals surface area contributed by atoms with Crippen LogP contribution < -0.4 is 0 Å². The summed E-state index contributed by atoms with van der Waals surface area (Å²) in [4.78, 5) is 24.5. The van der Waals surface area contributed by atoms with E-state index in [1.54, 1.807) is 4.90 Å². The smallest absolute Gasteiger partial charge is 0.410 e. The van der Waals surface area contributed by atoms with Crippen LogP contribution in [0.4, 0.5) is 4.79 Å². The third kappa shape index (κ3) is 3.20. The van der Waals surface area contributed by atoms with E-state index in [0.29, 0.717) is 6.54 Å². The molecule has 0 bridgehead atoms. The van der Waals surface area contributed by atoms with Gasteiger partial charge in [-0.2, -0.15) is 0 Å². The lowest BCUT2D eigenvalue weighted by Gasteiger charge is -2.51. The lowest BCUT2D eigenvalue weighted by Crippen LogP contribution is -2.64. The van der Waals surface area contributed by atoms with Crippen molar-refractivity contribution in [2.75, 3.05) is 6.54 Å². The fourth-order valence-corrected chi connectivity index (χ4v) is 2.27. The summed E-state index contributed by atoms with van der Waals surface area (Å²) < 4.78 is 5.33. The quantitative estimate of drug-likeness (QED) is 0.662. The van der Waals surface area contributed by atoms with Crippen LogP contribution >= 0.6 is 0 Å². The Morgan fingerprint density at radius 3 is 2.12 bits per heavy atom. The zero-order chi connectivity index (χ0) is 13.4. The van der Waals surface area contributed by atoms with Crippen molar-refractivity contribution in [3.8, 4) is 0 Å². The summed E-state index contributed by atoms with van der Waals surface area (Å²) in [7, 11) is 0. The number of hydrogen-bond donors (Lipinski definition) is 0. The van der Waals surface area contributed by atoms with Crippen LogP contribution in [-0.2, 0) is 9.53 Å². The molecule has 0 aromatic heterocycles. The largest absolute Gasteiger partial charge is 0.444 e. The SMILES string of the molecule is CC(C)(C)OC(=O)N1CC(C=O)C1C(C)(C)C. The van der Waals surface area contributed by atoms with Gasteiger partial charge in [0.15, 0.2) is 0 Å². The molecule has 1 heterocycles. The zero-order valence-electron chi connectivity index (χ0n) is 11.6. The van der Waals surface area contributed by atoms with Crippen molar-refractivity contribution >= 4 is 12.4 Å². The van der Waals surface area contributed by atoms with Crippen molar-refractivity contribution in [2.45, 2.75) is 53.2 Å². The summed E-state index contributed by atoms with van der Waals surface area (Å²) in [5.74, 6) is -0.0671. The van der Waals surface area contributed by atoms with Crippen LogP contribution in [0.25, 0.3) is 0 Å². The molecule has 1 fully saturated rings. The van der Waals surface area contributed by atoms with Crippen molar-refractivity contribution in [2.24, 2.45) is 11.3 Å². The Labute approximate surface area is 103 Å². The predicted molar refractivity (Wildman–Crippen MR) is 65.7 cm³/mol. The average Bonchev–Trinajstić information content (AvgIpc) is 1.94. The molecule has 0 aromatic rings. The first kappa shape index (κ1) is 14.0. The summed E-state index contributed by atoms with van der Waals surface area (Å²) in [5.41, 5.74) is -0.605. The Morgan fingerprint density at radius 2 is 1.76 bits per heavy atom. The van der Waals surface area contributed by atoms with E-state index in [1.807, 2.05) is 41.5 Å². The monoisotopic (exact) mass is 241 g/mol. The Balaban J connectivity index is 2.73. The Hall–Kier alpha value is -1.06. The van der Waals surface area contributed by atoms with Gasteiger partial charge >= 0.3 is 6.09 Å². The van der Waals surface area contributed by atoms with E-state index < -0.39 is 5.60 Å². The van der Waals surface area contributed by atoms with Crippen LogP contribution in [0.5, 0.6) is 0 Å². The van der Waals surface area contributed by atoms with E-state index in [-0.39, 0.29) is 23.5 Å². The lowest BCUT2D eigenvalue weighted by molar-refractivity contribution is -0.125. The van der Waals surface area contributed by atoms with Gasteiger partial charge in [0.25, 0.3) is 0 Å². The van der Waals surface area contributed by atoms with Gasteiger partial charge in [0.2, 0.25) is 0 Å². The Morgan fingerprint density at radius 1 is 1.24 bits per heavy atom. The van der Waals surface area contributed by atoms with Crippen molar-refractivity contribution < 1.29 is 14.3 Å². The minimum Gasteiger partial charge on any atom is -0.444 e. The first-order chi connectivity index (χ1) is 7.56. The van der Waals surface area contributed by atoms with Gasteiger partial charge in [0, 0.05) is 6.54 Å². The summed E-state index contributed by atoms with van der Waals surface area (Å²) >= 11 is 0. The van der Waals surface area contributed by atoms with E-state index in [9.17, 15) is 9.59 Å². The van der Waals surface area contributed by atoms with Gasteiger partial charge in [-0.3, -0.25) is 0 Å². The molecule has 1 aliphatic heterocycles. The fourth-order valence-electron chi connectivity index (χ4n) is 2.27. The van der Waals surface area contributed by atoms with Crippen molar-refractivity contribution in [3.05, 3.63) is 0 Å². The number of carbonyl (C=O) groups is 2. The van der Waals surface area contributed by atoms with E-state index in [0.717, 1.165) is 6.29 Å². The molecular weight excluding hydrogens is 218 g/mol. The highest BCUT2D eigenvalue weighted by atomic mass is 16.6. The number of amides is 1. The standard InChI is InChI=1S/C13H23NO3/c1-12(2,3)10-9(8-15)7-14(10)11(16)17-13(4,5)6/h8-10H,7H2,1-6H3. The van der Waals surface area contributed by atoms with Gasteiger partial charge < -0.3 is 14.4 Å². The van der Waals surface area contributed by atoms with Crippen LogP contribution in [0.3, 0.4) is 0 Å². The van der Waals surface area contributed by atoms with Gasteiger partial charge in [-0.25, -0.2) is 4.79 Å². The van der Waals surface area contributed by atoms with Crippen LogP contribution in [-0.4, -0.2) is 35.5 Å². The highest BCUT2D eigenvalue weighted by molar-refractivity contribution is 5.73. The van der Waals surface area contributed by atoms with E-state index in [2.05, 4.69) is 0 Å². The number of ether oxygens (including phenoxy) is 1. The molecule has 1 amide bonds. The minimum absolute atomic E-state index is 0.0603. The molecule has 1 rings (SSSR count). The van der Waals surface area contributed by atoms with Crippen LogP contribution in [0.15, 0.2) is 0 Å². The van der Waals surface area contributed by atoms with Gasteiger partial charge in [-0.15, -0.1) is 0 Å². The Kier molecular flexibility index (Phi) is 3.55. The molecule has 0 aliphatic carbocycles. The molecule has 98 valence electrons. The lowest BCUT2D eigenvalue weighted by atomic mass is 9.73. The third-order valence-corrected chi connectivity index (χ3v) is 2.84. The van der Waals surface area contributed by atoms with E-state index >= 15 is 0 Å². The molecule has 0 radical (unpaired) electrons. The van der Waals surface area contributed by atoms with Crippen LogP contribution in [0.2, 0.25) is 0 Å². The molecule has 2 atom stereocenters. The number of aldehydes is 1. The second-order valence-electron chi connectivity index (χ2n) is 6.74. The second kappa shape index (κ2) is 4.31. The topological polar surface area (TPSA) is 46.6 Å². The molecule has 2 unspecified atom stereocenters. The summed E-state index contributed by atoms with van der Waals surface area (Å²) in [6.07, 6.45) is 0.618.